The predicted octanol–water partition coefficient (Wildman–Crippen LogP) is 0.839. The van der Waals surface area contributed by atoms with Gasteiger partial charge in [-0.3, -0.25) is 9.59 Å². The number of ether oxygens (including phenoxy) is 2. The molecule has 3 N–H and O–H groups in total. The van der Waals surface area contributed by atoms with Crippen LogP contribution in [-0.4, -0.2) is 67.6 Å². The van der Waals surface area contributed by atoms with Crippen molar-refractivity contribution in [3.05, 3.63) is 20.8 Å². The van der Waals surface area contributed by atoms with Gasteiger partial charge in [0.1, 0.15) is 17.6 Å². The molecule has 0 fully saturated rings. The molecule has 154 valence electrons. The van der Waals surface area contributed by atoms with E-state index < -0.39 is 23.7 Å². The van der Waals surface area contributed by atoms with Gasteiger partial charge in [0.15, 0.2) is 11.4 Å². The zero-order valence-electron chi connectivity index (χ0n) is 15.1. The topological polar surface area (TPSA) is 136 Å². The van der Waals surface area contributed by atoms with Crippen LogP contribution in [0.15, 0.2) is 26.0 Å². The third-order valence-corrected chi connectivity index (χ3v) is 5.43. The van der Waals surface area contributed by atoms with E-state index >= 15 is 0 Å². The Morgan fingerprint density at radius 1 is 1.36 bits per heavy atom. The van der Waals surface area contributed by atoms with Crippen molar-refractivity contribution in [1.82, 2.24) is 10.6 Å². The summed E-state index contributed by atoms with van der Waals surface area (Å²) in [4.78, 5) is 40.3. The summed E-state index contributed by atoms with van der Waals surface area (Å²) in [7, 11) is 2.68. The van der Waals surface area contributed by atoms with Crippen LogP contribution in [0.2, 0.25) is 0 Å². The third kappa shape index (κ3) is 4.92. The molecule has 0 bridgehead atoms. The molecule has 0 aromatic rings. The van der Waals surface area contributed by atoms with Crippen LogP contribution in [0.4, 0.5) is 4.79 Å². The molecule has 1 spiro atoms. The number of hydrogen-bond acceptors (Lipinski definition) is 8. The van der Waals surface area contributed by atoms with Gasteiger partial charge in [0, 0.05) is 19.4 Å². The Balaban J connectivity index is 1.88. The van der Waals surface area contributed by atoms with Gasteiger partial charge in [-0.1, -0.05) is 5.16 Å². The zero-order chi connectivity index (χ0) is 20.9. The van der Waals surface area contributed by atoms with Gasteiger partial charge in [-0.25, -0.2) is 4.79 Å². The van der Waals surface area contributed by atoms with Crippen LogP contribution in [0, 0.1) is 0 Å². The lowest BCUT2D eigenvalue weighted by atomic mass is 9.87. The highest BCUT2D eigenvalue weighted by atomic mass is 79.9. The Labute approximate surface area is 177 Å². The second kappa shape index (κ2) is 9.52. The smallest absolute Gasteiger partial charge is 0.406 e. The van der Waals surface area contributed by atoms with Gasteiger partial charge in [0.25, 0.3) is 5.91 Å². The average Bonchev–Trinajstić information content (AvgIpc) is 3.09. The number of aliphatic hydroxyl groups excluding tert-OH is 1. The monoisotopic (exact) mass is 523 g/mol. The minimum Gasteiger partial charge on any atom is -0.495 e. The number of halogens is 2. The van der Waals surface area contributed by atoms with E-state index in [1.54, 1.807) is 6.08 Å². The summed E-state index contributed by atoms with van der Waals surface area (Å²) in [6.07, 6.45) is -0.159. The SMILES string of the molecule is COC(=O)NCCC(=O)CNC(=O)C1=NO[C@]2(C=C(Br)C(OC)=C(Br)[C@@H]2O)C1. The summed E-state index contributed by atoms with van der Waals surface area (Å²) in [6, 6.07) is 0. The fourth-order valence-electron chi connectivity index (χ4n) is 2.56. The third-order valence-electron chi connectivity index (χ3n) is 4.05. The first kappa shape index (κ1) is 22.4. The zero-order valence-corrected chi connectivity index (χ0v) is 18.3. The molecule has 1 heterocycles. The molecule has 0 radical (unpaired) electrons. The Kier molecular flexibility index (Phi) is 7.61. The van der Waals surface area contributed by atoms with E-state index in [1.807, 2.05) is 0 Å². The normalized spacial score (nSPS) is 23.5. The number of carbonyl (C=O) groups is 3. The van der Waals surface area contributed by atoms with Crippen molar-refractivity contribution in [3.8, 4) is 0 Å². The maximum Gasteiger partial charge on any atom is 0.406 e. The van der Waals surface area contributed by atoms with Crippen LogP contribution in [0.5, 0.6) is 0 Å². The number of oxime groups is 1. The maximum absolute atomic E-state index is 12.3. The van der Waals surface area contributed by atoms with Gasteiger partial charge in [-0.2, -0.15) is 0 Å². The number of hydrogen-bond donors (Lipinski definition) is 3. The molecule has 0 saturated heterocycles. The van der Waals surface area contributed by atoms with Crippen LogP contribution in [0.1, 0.15) is 12.8 Å². The number of carbonyl (C=O) groups excluding carboxylic acids is 3. The molecule has 10 nitrogen and oxygen atoms in total. The number of nitrogens with one attached hydrogen (secondary N) is 2. The van der Waals surface area contributed by atoms with E-state index in [0.717, 1.165) is 0 Å². The molecular formula is C16H19Br2N3O7. The van der Waals surface area contributed by atoms with Crippen molar-refractivity contribution in [2.75, 3.05) is 27.3 Å². The number of rotatable bonds is 7. The number of alkyl carbamates (subject to hydrolysis) is 1. The molecule has 2 aliphatic rings. The number of Topliss-reactive ketones (excluding diaryl/α,β-unsaturated/α-hetero) is 1. The standard InChI is InChI=1S/C16H19Br2N3O7/c1-26-12-9(17)5-16(13(23)11(12)18)6-10(21-28-16)14(24)20-7-8(22)3-4-19-15(25)27-2/h5,13,23H,3-4,6-7H2,1-2H3,(H,19,25)(H,20,24)/t13-,16+/m0/s1. The Morgan fingerprint density at radius 3 is 2.71 bits per heavy atom. The average molecular weight is 525 g/mol. The molecule has 0 aromatic heterocycles. The number of methoxy groups -OCH3 is 2. The van der Waals surface area contributed by atoms with Crippen molar-refractivity contribution in [1.29, 1.82) is 0 Å². The molecule has 0 aromatic carbocycles. The van der Waals surface area contributed by atoms with E-state index in [4.69, 9.17) is 9.57 Å². The first-order valence-electron chi connectivity index (χ1n) is 8.11. The molecule has 2 rings (SSSR count). The Morgan fingerprint density at radius 2 is 2.07 bits per heavy atom. The molecule has 0 unspecified atom stereocenters. The summed E-state index contributed by atoms with van der Waals surface area (Å²) >= 11 is 6.61. The van der Waals surface area contributed by atoms with Gasteiger partial charge < -0.3 is 30.1 Å². The number of amides is 2. The summed E-state index contributed by atoms with van der Waals surface area (Å²) < 4.78 is 10.5. The van der Waals surface area contributed by atoms with Gasteiger partial charge in [0.05, 0.1) is 29.7 Å². The highest BCUT2D eigenvalue weighted by molar-refractivity contribution is 9.12. The van der Waals surface area contributed by atoms with E-state index in [1.165, 1.54) is 14.2 Å². The van der Waals surface area contributed by atoms with Gasteiger partial charge >= 0.3 is 6.09 Å². The van der Waals surface area contributed by atoms with Crippen molar-refractivity contribution < 1.29 is 33.8 Å². The molecule has 0 saturated carbocycles. The minimum absolute atomic E-state index is 0.000713. The van der Waals surface area contributed by atoms with Crippen LogP contribution >= 0.6 is 31.9 Å². The first-order valence-corrected chi connectivity index (χ1v) is 9.70. The number of ketones is 1. The largest absolute Gasteiger partial charge is 0.495 e. The minimum atomic E-state index is -1.26. The maximum atomic E-state index is 12.3. The molecule has 1 aliphatic heterocycles. The van der Waals surface area contributed by atoms with Crippen molar-refractivity contribution in [3.63, 3.8) is 0 Å². The van der Waals surface area contributed by atoms with Crippen LogP contribution in [0.25, 0.3) is 0 Å². The highest BCUT2D eigenvalue weighted by Crippen LogP contribution is 2.43. The van der Waals surface area contributed by atoms with Gasteiger partial charge in [-0.05, 0) is 37.9 Å². The van der Waals surface area contributed by atoms with E-state index in [9.17, 15) is 19.5 Å². The quantitative estimate of drug-likeness (QED) is 0.449. The van der Waals surface area contributed by atoms with Crippen LogP contribution < -0.4 is 10.6 Å². The Hall–Kier alpha value is -1.92. The summed E-state index contributed by atoms with van der Waals surface area (Å²) in [6.45, 7) is -0.130. The van der Waals surface area contributed by atoms with E-state index in [-0.39, 0.29) is 37.4 Å². The molecule has 12 heteroatoms. The van der Waals surface area contributed by atoms with Crippen LogP contribution in [-0.2, 0) is 23.9 Å². The second-order valence-corrected chi connectivity index (χ2v) is 7.64. The van der Waals surface area contributed by atoms with Gasteiger partial charge in [-0.15, -0.1) is 0 Å². The highest BCUT2D eigenvalue weighted by Gasteiger charge is 2.50. The van der Waals surface area contributed by atoms with Crippen LogP contribution in [0.3, 0.4) is 0 Å². The van der Waals surface area contributed by atoms with Crippen molar-refractivity contribution in [2.45, 2.75) is 24.5 Å². The molecule has 28 heavy (non-hydrogen) atoms. The van der Waals surface area contributed by atoms with E-state index in [2.05, 4.69) is 52.4 Å². The first-order chi connectivity index (χ1) is 13.2. The number of nitrogens with zero attached hydrogens (tertiary/aromatic N) is 1. The van der Waals surface area contributed by atoms with Gasteiger partial charge in [0.2, 0.25) is 0 Å². The fourth-order valence-corrected chi connectivity index (χ4v) is 4.36. The molecule has 2 atom stereocenters. The summed E-state index contributed by atoms with van der Waals surface area (Å²) in [5, 5.41) is 19.1. The molecular weight excluding hydrogens is 506 g/mol. The molecule has 2 amide bonds. The predicted molar refractivity (Wildman–Crippen MR) is 105 cm³/mol. The molecule has 1 aliphatic carbocycles. The lowest BCUT2D eigenvalue weighted by Crippen LogP contribution is -2.45. The lowest BCUT2D eigenvalue weighted by molar-refractivity contribution is -0.121. The van der Waals surface area contributed by atoms with Crippen molar-refractivity contribution >= 4 is 55.4 Å². The summed E-state index contributed by atoms with van der Waals surface area (Å²) in [5.41, 5.74) is -1.22. The lowest BCUT2D eigenvalue weighted by Gasteiger charge is -2.33. The van der Waals surface area contributed by atoms with E-state index in [0.29, 0.717) is 14.7 Å². The van der Waals surface area contributed by atoms with Crippen molar-refractivity contribution in [2.24, 2.45) is 5.16 Å². The number of allylic oxidation sites excluding steroid dienone is 1. The fraction of sp³-hybridized carbons (Fsp3) is 0.500. The summed E-state index contributed by atoms with van der Waals surface area (Å²) in [5.74, 6) is -0.457. The Bertz CT molecular complexity index is 765. The second-order valence-electron chi connectivity index (χ2n) is 5.93. The number of aliphatic hydroxyl groups is 1.